The normalized spacial score (nSPS) is 14.8. The van der Waals surface area contributed by atoms with Gasteiger partial charge in [-0.1, -0.05) is 6.07 Å². The van der Waals surface area contributed by atoms with Gasteiger partial charge in [-0.25, -0.2) is 4.39 Å². The Hall–Kier alpha value is -3.19. The van der Waals surface area contributed by atoms with Gasteiger partial charge >= 0.3 is 0 Å². The molecule has 1 fully saturated rings. The standard InChI is InChI=1S/C23H25FN4O2/c1-15-11-16(2)19-13-21(26-20(19)12-15)23(30)28-9-7-27(8-10-28)14-22(29)25-18-5-3-17(24)4-6-18/h3-6,11-13,26H,7-10,14H2,1-2H3,(H,25,29). The van der Waals surface area contributed by atoms with Crippen LogP contribution in [-0.2, 0) is 4.79 Å². The summed E-state index contributed by atoms with van der Waals surface area (Å²) < 4.78 is 13.0. The first-order chi connectivity index (χ1) is 14.4. The van der Waals surface area contributed by atoms with Crippen LogP contribution in [0.1, 0.15) is 21.6 Å². The minimum atomic E-state index is -0.339. The molecule has 0 saturated carbocycles. The first kappa shape index (κ1) is 20.1. The molecule has 1 aliphatic heterocycles. The highest BCUT2D eigenvalue weighted by atomic mass is 19.1. The molecule has 1 saturated heterocycles. The van der Waals surface area contributed by atoms with Crippen LogP contribution in [0, 0.1) is 19.7 Å². The molecular weight excluding hydrogens is 383 g/mol. The Kier molecular flexibility index (Phi) is 5.55. The molecule has 6 nitrogen and oxygen atoms in total. The molecule has 30 heavy (non-hydrogen) atoms. The van der Waals surface area contributed by atoms with Gasteiger partial charge in [0.15, 0.2) is 0 Å². The Labute approximate surface area is 174 Å². The Morgan fingerprint density at radius 1 is 1.03 bits per heavy atom. The number of benzene rings is 2. The third-order valence-electron chi connectivity index (χ3n) is 5.47. The quantitative estimate of drug-likeness (QED) is 0.696. The molecule has 1 aliphatic rings. The fraction of sp³-hybridized carbons (Fsp3) is 0.304. The average molecular weight is 408 g/mol. The van der Waals surface area contributed by atoms with E-state index in [9.17, 15) is 14.0 Å². The van der Waals surface area contributed by atoms with Crippen molar-refractivity contribution in [2.24, 2.45) is 0 Å². The number of aromatic amines is 1. The first-order valence-electron chi connectivity index (χ1n) is 10.1. The van der Waals surface area contributed by atoms with Crippen molar-refractivity contribution >= 4 is 28.4 Å². The molecule has 4 rings (SSSR count). The SMILES string of the molecule is Cc1cc(C)c2cc(C(=O)N3CCN(CC(=O)Nc4ccc(F)cc4)CC3)[nH]c2c1. The zero-order chi connectivity index (χ0) is 21.3. The van der Waals surface area contributed by atoms with Gasteiger partial charge in [0.2, 0.25) is 5.91 Å². The fourth-order valence-electron chi connectivity index (χ4n) is 3.93. The van der Waals surface area contributed by atoms with E-state index in [0.717, 1.165) is 22.0 Å². The lowest BCUT2D eigenvalue weighted by Crippen LogP contribution is -2.50. The number of aryl methyl sites for hydroxylation is 2. The van der Waals surface area contributed by atoms with Gasteiger partial charge in [-0.05, 0) is 61.4 Å². The summed E-state index contributed by atoms with van der Waals surface area (Å²) in [4.78, 5) is 32.2. The topological polar surface area (TPSA) is 68.4 Å². The molecule has 156 valence electrons. The lowest BCUT2D eigenvalue weighted by Gasteiger charge is -2.34. The predicted molar refractivity (Wildman–Crippen MR) is 115 cm³/mol. The zero-order valence-corrected chi connectivity index (χ0v) is 17.2. The van der Waals surface area contributed by atoms with Crippen LogP contribution in [0.2, 0.25) is 0 Å². The van der Waals surface area contributed by atoms with E-state index in [1.807, 2.05) is 29.7 Å². The smallest absolute Gasteiger partial charge is 0.270 e. The van der Waals surface area contributed by atoms with Gasteiger partial charge in [-0.15, -0.1) is 0 Å². The Bertz CT molecular complexity index is 1080. The third-order valence-corrected chi connectivity index (χ3v) is 5.47. The van der Waals surface area contributed by atoms with Crippen molar-refractivity contribution in [3.8, 4) is 0 Å². The van der Waals surface area contributed by atoms with Crippen LogP contribution in [0.5, 0.6) is 0 Å². The Balaban J connectivity index is 1.33. The second-order valence-electron chi connectivity index (χ2n) is 7.85. The monoisotopic (exact) mass is 408 g/mol. The van der Waals surface area contributed by atoms with E-state index < -0.39 is 0 Å². The minimum Gasteiger partial charge on any atom is -0.351 e. The molecule has 0 atom stereocenters. The molecular formula is C23H25FN4O2. The number of amides is 2. The number of carbonyl (C=O) groups is 2. The highest BCUT2D eigenvalue weighted by molar-refractivity contribution is 5.99. The summed E-state index contributed by atoms with van der Waals surface area (Å²) in [7, 11) is 0. The van der Waals surface area contributed by atoms with Crippen molar-refractivity contribution in [2.75, 3.05) is 38.0 Å². The van der Waals surface area contributed by atoms with E-state index in [0.29, 0.717) is 37.6 Å². The maximum Gasteiger partial charge on any atom is 0.270 e. The van der Waals surface area contributed by atoms with Gasteiger partial charge in [-0.2, -0.15) is 0 Å². The van der Waals surface area contributed by atoms with Gasteiger partial charge in [-0.3, -0.25) is 14.5 Å². The van der Waals surface area contributed by atoms with E-state index >= 15 is 0 Å². The summed E-state index contributed by atoms with van der Waals surface area (Å²) in [6.07, 6.45) is 0. The summed E-state index contributed by atoms with van der Waals surface area (Å²) >= 11 is 0. The van der Waals surface area contributed by atoms with Crippen LogP contribution in [0.25, 0.3) is 10.9 Å². The first-order valence-corrected chi connectivity index (χ1v) is 10.1. The molecule has 0 spiro atoms. The van der Waals surface area contributed by atoms with E-state index in [4.69, 9.17) is 0 Å². The van der Waals surface area contributed by atoms with Gasteiger partial charge in [0.25, 0.3) is 5.91 Å². The molecule has 0 unspecified atom stereocenters. The molecule has 2 N–H and O–H groups in total. The number of H-pyrrole nitrogens is 1. The minimum absolute atomic E-state index is 0.0151. The maximum absolute atomic E-state index is 13.0. The summed E-state index contributed by atoms with van der Waals surface area (Å²) in [5, 5.41) is 3.84. The van der Waals surface area contributed by atoms with Crippen molar-refractivity contribution in [3.05, 3.63) is 65.1 Å². The zero-order valence-electron chi connectivity index (χ0n) is 17.2. The second kappa shape index (κ2) is 8.28. The van der Waals surface area contributed by atoms with Gasteiger partial charge in [0.05, 0.1) is 6.54 Å². The number of aromatic nitrogens is 1. The van der Waals surface area contributed by atoms with Crippen LogP contribution in [0.3, 0.4) is 0 Å². The number of nitrogens with zero attached hydrogens (tertiary/aromatic N) is 2. The summed E-state index contributed by atoms with van der Waals surface area (Å²) in [6.45, 7) is 6.71. The number of hydrogen-bond acceptors (Lipinski definition) is 3. The second-order valence-corrected chi connectivity index (χ2v) is 7.85. The number of carbonyl (C=O) groups excluding carboxylic acids is 2. The fourth-order valence-corrected chi connectivity index (χ4v) is 3.93. The largest absolute Gasteiger partial charge is 0.351 e. The number of hydrogen-bond donors (Lipinski definition) is 2. The van der Waals surface area contributed by atoms with Crippen molar-refractivity contribution in [2.45, 2.75) is 13.8 Å². The number of fused-ring (bicyclic) bond motifs is 1. The van der Waals surface area contributed by atoms with Crippen molar-refractivity contribution < 1.29 is 14.0 Å². The number of nitrogens with one attached hydrogen (secondary N) is 2. The molecule has 0 bridgehead atoms. The van der Waals surface area contributed by atoms with E-state index in [1.165, 1.54) is 24.3 Å². The Morgan fingerprint density at radius 3 is 2.43 bits per heavy atom. The van der Waals surface area contributed by atoms with E-state index in [-0.39, 0.29) is 24.2 Å². The van der Waals surface area contributed by atoms with Crippen molar-refractivity contribution in [1.29, 1.82) is 0 Å². The van der Waals surface area contributed by atoms with Crippen LogP contribution in [-0.4, -0.2) is 59.3 Å². The number of rotatable bonds is 4. The number of anilines is 1. The van der Waals surface area contributed by atoms with Crippen molar-refractivity contribution in [1.82, 2.24) is 14.8 Å². The molecule has 0 aliphatic carbocycles. The molecule has 3 aromatic rings. The molecule has 2 aromatic carbocycles. The van der Waals surface area contributed by atoms with Gasteiger partial charge in [0.1, 0.15) is 11.5 Å². The van der Waals surface area contributed by atoms with Crippen LogP contribution >= 0.6 is 0 Å². The molecule has 2 amide bonds. The summed E-state index contributed by atoms with van der Waals surface area (Å²) in [6, 6.07) is 11.8. The third kappa shape index (κ3) is 4.36. The predicted octanol–water partition coefficient (Wildman–Crippen LogP) is 3.32. The number of halogens is 1. The lowest BCUT2D eigenvalue weighted by atomic mass is 10.1. The summed E-state index contributed by atoms with van der Waals surface area (Å²) in [5.74, 6) is -0.504. The van der Waals surface area contributed by atoms with Crippen LogP contribution in [0.4, 0.5) is 10.1 Å². The van der Waals surface area contributed by atoms with Gasteiger partial charge in [0, 0.05) is 42.8 Å². The highest BCUT2D eigenvalue weighted by Gasteiger charge is 2.24. The Morgan fingerprint density at radius 2 is 1.73 bits per heavy atom. The van der Waals surface area contributed by atoms with Crippen LogP contribution < -0.4 is 5.32 Å². The maximum atomic E-state index is 13.0. The molecule has 7 heteroatoms. The number of piperazine rings is 1. The molecule has 2 heterocycles. The highest BCUT2D eigenvalue weighted by Crippen LogP contribution is 2.22. The summed E-state index contributed by atoms with van der Waals surface area (Å²) in [5.41, 5.74) is 4.46. The molecule has 1 aromatic heterocycles. The average Bonchev–Trinajstić information content (AvgIpc) is 3.14. The van der Waals surface area contributed by atoms with E-state index in [1.54, 1.807) is 0 Å². The lowest BCUT2D eigenvalue weighted by molar-refractivity contribution is -0.117. The van der Waals surface area contributed by atoms with E-state index in [2.05, 4.69) is 22.4 Å². The van der Waals surface area contributed by atoms with Gasteiger partial charge < -0.3 is 15.2 Å². The van der Waals surface area contributed by atoms with Crippen LogP contribution in [0.15, 0.2) is 42.5 Å². The van der Waals surface area contributed by atoms with Crippen molar-refractivity contribution in [3.63, 3.8) is 0 Å². The molecule has 0 radical (unpaired) electrons.